The SMILES string of the molecule is Cc1ccccc1-c1c2c(c(-c3ccccc3C)c3ccccc13)-c1ccc3c4ccc5c6c(ccc(c7ccc-2c1c73)c46)c1c(-c2ccccc2C)c2cc3ccccc3c3c4ccccc4c(c51)c23. The molecule has 0 bridgehead atoms. The van der Waals surface area contributed by atoms with Crippen molar-refractivity contribution in [3.63, 3.8) is 0 Å². The first kappa shape index (κ1) is 38.1. The van der Waals surface area contributed by atoms with Gasteiger partial charge in [-0.3, -0.25) is 0 Å². The molecule has 0 atom stereocenters. The average Bonchev–Trinajstić information content (AvgIpc) is 4.05. The Balaban J connectivity index is 1.06. The molecule has 16 aromatic carbocycles. The van der Waals surface area contributed by atoms with E-state index in [2.05, 4.69) is 221 Å². The summed E-state index contributed by atoms with van der Waals surface area (Å²) in [5.41, 5.74) is 17.2. The van der Waals surface area contributed by atoms with E-state index in [1.54, 1.807) is 0 Å². The van der Waals surface area contributed by atoms with E-state index in [0.29, 0.717) is 0 Å². The lowest BCUT2D eigenvalue weighted by Gasteiger charge is -2.22. The van der Waals surface area contributed by atoms with Gasteiger partial charge in [0, 0.05) is 0 Å². The zero-order valence-corrected chi connectivity index (χ0v) is 39.6. The normalized spacial score (nSPS) is 12.7. The molecule has 0 aromatic heterocycles. The summed E-state index contributed by atoms with van der Waals surface area (Å²) in [6.07, 6.45) is 0. The maximum Gasteiger partial charge on any atom is -0.000695 e. The molecule has 0 radical (unpaired) electrons. The third-order valence-corrected chi connectivity index (χ3v) is 17.2. The molecular weight excluding hydrogens is 853 g/mol. The molecule has 0 fully saturated rings. The van der Waals surface area contributed by atoms with Crippen molar-refractivity contribution < 1.29 is 0 Å². The summed E-state index contributed by atoms with van der Waals surface area (Å²) >= 11 is 0. The first-order valence-electron chi connectivity index (χ1n) is 25.2. The summed E-state index contributed by atoms with van der Waals surface area (Å²) in [6.45, 7) is 6.83. The predicted octanol–water partition coefficient (Wildman–Crippen LogP) is 20.3. The summed E-state index contributed by atoms with van der Waals surface area (Å²) < 4.78 is 0. The molecule has 0 saturated carbocycles. The monoisotopic (exact) mass is 894 g/mol. The second kappa shape index (κ2) is 13.3. The van der Waals surface area contributed by atoms with Crippen LogP contribution in [0.25, 0.3) is 174 Å². The van der Waals surface area contributed by atoms with Crippen LogP contribution in [0.1, 0.15) is 16.7 Å². The zero-order chi connectivity index (χ0) is 46.5. The van der Waals surface area contributed by atoms with Crippen LogP contribution < -0.4 is 0 Å². The zero-order valence-electron chi connectivity index (χ0n) is 39.6. The van der Waals surface area contributed by atoms with E-state index in [-0.39, 0.29) is 0 Å². The molecule has 0 heterocycles. The first-order chi connectivity index (χ1) is 35.0. The van der Waals surface area contributed by atoms with Crippen LogP contribution in [-0.2, 0) is 0 Å². The molecule has 1 aliphatic carbocycles. The van der Waals surface area contributed by atoms with Crippen LogP contribution in [0.2, 0.25) is 0 Å². The second-order valence-electron chi connectivity index (χ2n) is 20.6. The van der Waals surface area contributed by atoms with Gasteiger partial charge in [0.2, 0.25) is 0 Å². The van der Waals surface area contributed by atoms with Crippen molar-refractivity contribution in [1.82, 2.24) is 0 Å². The van der Waals surface area contributed by atoms with Gasteiger partial charge in [-0.05, 0) is 218 Å². The minimum absolute atomic E-state index is 1.29. The van der Waals surface area contributed by atoms with Crippen LogP contribution in [0.15, 0.2) is 200 Å². The lowest BCUT2D eigenvalue weighted by Crippen LogP contribution is -1.95. The molecule has 326 valence electrons. The maximum absolute atomic E-state index is 2.50. The standard InChI is InChI=1S/C71H42/c1-37-16-4-8-20-41(37)58-45-24-12-13-25-46(45)59(42-21-9-5-17-38(42)2)68-54-33-29-50-52-31-35-56-65-55(34-30-51(63(52)65)49-28-32-53(67(58)68)64(54)62(49)50)69-60(43-22-10-6-18-39(43)3)57-36-40-19-7-11-23-44(40)61-47-26-14-15-27-48(47)66(70(56)69)71(57)61/h4-36H,1-3H3. The summed E-state index contributed by atoms with van der Waals surface area (Å²) in [5, 5.41) is 29.6. The number of benzene rings is 14. The van der Waals surface area contributed by atoms with E-state index >= 15 is 0 Å². The van der Waals surface area contributed by atoms with Crippen LogP contribution in [0, 0.1) is 20.8 Å². The average molecular weight is 895 g/mol. The highest BCUT2D eigenvalue weighted by Gasteiger charge is 2.34. The Morgan fingerprint density at radius 3 is 1.07 bits per heavy atom. The number of hydrogen-bond acceptors (Lipinski definition) is 0. The molecule has 0 heteroatoms. The molecule has 1 aliphatic rings. The van der Waals surface area contributed by atoms with Crippen molar-refractivity contribution in [2.75, 3.05) is 0 Å². The molecule has 0 spiro atoms. The second-order valence-corrected chi connectivity index (χ2v) is 20.6. The Hall–Kier alpha value is -8.84. The highest BCUT2D eigenvalue weighted by Crippen LogP contribution is 2.62. The Bertz CT molecular complexity index is 4920. The maximum atomic E-state index is 2.50. The molecule has 71 heavy (non-hydrogen) atoms. The largest absolute Gasteiger partial charge is 0.0620 e. The Morgan fingerprint density at radius 1 is 0.183 bits per heavy atom. The predicted molar refractivity (Wildman–Crippen MR) is 308 cm³/mol. The summed E-state index contributed by atoms with van der Waals surface area (Å²) in [7, 11) is 0. The van der Waals surface area contributed by atoms with Gasteiger partial charge >= 0.3 is 0 Å². The minimum Gasteiger partial charge on any atom is -0.0620 e. The van der Waals surface area contributed by atoms with Crippen molar-refractivity contribution >= 4 is 118 Å². The summed E-state index contributed by atoms with van der Waals surface area (Å²) in [5.74, 6) is 0. The van der Waals surface area contributed by atoms with Gasteiger partial charge in [0.05, 0.1) is 0 Å². The van der Waals surface area contributed by atoms with Gasteiger partial charge in [-0.1, -0.05) is 194 Å². The first-order valence-corrected chi connectivity index (χ1v) is 25.2. The smallest absolute Gasteiger partial charge is 0.000695 e. The molecule has 0 unspecified atom stereocenters. The fourth-order valence-electron chi connectivity index (χ4n) is 14.4. The van der Waals surface area contributed by atoms with Crippen molar-refractivity contribution in [1.29, 1.82) is 0 Å². The Labute approximate surface area is 409 Å². The van der Waals surface area contributed by atoms with Crippen molar-refractivity contribution in [2.45, 2.75) is 20.8 Å². The highest BCUT2D eigenvalue weighted by atomic mass is 14.4. The Kier molecular flexibility index (Phi) is 7.11. The van der Waals surface area contributed by atoms with Crippen molar-refractivity contribution in [3.05, 3.63) is 217 Å². The van der Waals surface area contributed by atoms with E-state index in [4.69, 9.17) is 0 Å². The number of fused-ring (bicyclic) bond motifs is 15. The van der Waals surface area contributed by atoms with Gasteiger partial charge in [-0.2, -0.15) is 0 Å². The lowest BCUT2D eigenvalue weighted by atomic mass is 9.81. The third kappa shape index (κ3) is 4.54. The third-order valence-electron chi connectivity index (χ3n) is 17.2. The molecule has 16 aromatic rings. The van der Waals surface area contributed by atoms with Gasteiger partial charge in [-0.15, -0.1) is 0 Å². The highest BCUT2D eigenvalue weighted by molar-refractivity contribution is 6.53. The summed E-state index contributed by atoms with van der Waals surface area (Å²) in [4.78, 5) is 0. The van der Waals surface area contributed by atoms with Gasteiger partial charge in [0.15, 0.2) is 0 Å². The van der Waals surface area contributed by atoms with Crippen LogP contribution in [-0.4, -0.2) is 0 Å². The van der Waals surface area contributed by atoms with Crippen molar-refractivity contribution in [2.24, 2.45) is 0 Å². The van der Waals surface area contributed by atoms with E-state index in [9.17, 15) is 0 Å². The quantitative estimate of drug-likeness (QED) is 0.122. The van der Waals surface area contributed by atoms with E-state index in [1.807, 2.05) is 0 Å². The molecule has 0 saturated heterocycles. The molecule has 0 amide bonds. The van der Waals surface area contributed by atoms with E-state index in [0.717, 1.165) is 0 Å². The van der Waals surface area contributed by atoms with Crippen LogP contribution in [0.4, 0.5) is 0 Å². The molecule has 0 nitrogen and oxygen atoms in total. The molecule has 0 aliphatic heterocycles. The molecule has 0 N–H and O–H groups in total. The number of hydrogen-bond donors (Lipinski definition) is 0. The van der Waals surface area contributed by atoms with Gasteiger partial charge in [0.1, 0.15) is 0 Å². The van der Waals surface area contributed by atoms with Crippen LogP contribution in [0.5, 0.6) is 0 Å². The minimum atomic E-state index is 1.29. The van der Waals surface area contributed by atoms with Gasteiger partial charge in [-0.25, -0.2) is 0 Å². The van der Waals surface area contributed by atoms with Crippen molar-refractivity contribution in [3.8, 4) is 55.6 Å². The fourth-order valence-corrected chi connectivity index (χ4v) is 14.4. The fraction of sp³-hybridized carbons (Fsp3) is 0.0423. The van der Waals surface area contributed by atoms with Crippen LogP contribution >= 0.6 is 0 Å². The number of aryl methyl sites for hydroxylation is 3. The topological polar surface area (TPSA) is 0 Å². The molecular formula is C71H42. The Morgan fingerprint density at radius 2 is 0.521 bits per heavy atom. The van der Waals surface area contributed by atoms with Crippen LogP contribution in [0.3, 0.4) is 0 Å². The summed E-state index contributed by atoms with van der Waals surface area (Å²) in [6, 6.07) is 76.7. The number of rotatable bonds is 3. The van der Waals surface area contributed by atoms with Gasteiger partial charge in [0.25, 0.3) is 0 Å². The van der Waals surface area contributed by atoms with E-state index in [1.165, 1.54) is 191 Å². The lowest BCUT2D eigenvalue weighted by molar-refractivity contribution is 1.46. The van der Waals surface area contributed by atoms with Gasteiger partial charge < -0.3 is 0 Å². The van der Waals surface area contributed by atoms with E-state index < -0.39 is 0 Å². The molecule has 17 rings (SSSR count).